The van der Waals surface area contributed by atoms with Crippen LogP contribution in [0.1, 0.15) is 55.6 Å². The van der Waals surface area contributed by atoms with Crippen LogP contribution in [-0.2, 0) is 0 Å². The Labute approximate surface area is 178 Å². The Morgan fingerprint density at radius 3 is 2.41 bits per heavy atom. The van der Waals surface area contributed by atoms with Crippen molar-refractivity contribution in [3.8, 4) is 0 Å². The first-order chi connectivity index (χ1) is 13.8. The minimum atomic E-state index is -0.217. The van der Waals surface area contributed by atoms with Crippen molar-refractivity contribution in [3.05, 3.63) is 54.1 Å². The molecule has 1 saturated heterocycles. The van der Waals surface area contributed by atoms with Crippen LogP contribution in [0.3, 0.4) is 0 Å². The van der Waals surface area contributed by atoms with E-state index in [1.165, 1.54) is 31.4 Å². The highest BCUT2D eigenvalue weighted by Gasteiger charge is 2.32. The first-order valence-corrected chi connectivity index (χ1v) is 10.4. The molecule has 158 valence electrons. The quantitative estimate of drug-likeness (QED) is 0.668. The maximum absolute atomic E-state index is 13.6. The molecule has 1 aliphatic heterocycles. The highest BCUT2D eigenvalue weighted by molar-refractivity contribution is 5.85. The van der Waals surface area contributed by atoms with Crippen molar-refractivity contribution < 1.29 is 4.39 Å². The monoisotopic (exact) mass is 420 g/mol. The molecule has 1 aliphatic carbocycles. The second-order valence-electron chi connectivity index (χ2n) is 7.85. The molecule has 1 atom stereocenters. The molecule has 8 heteroatoms. The normalized spacial score (nSPS) is 20.2. The third-order valence-corrected chi connectivity index (χ3v) is 6.03. The van der Waals surface area contributed by atoms with Gasteiger partial charge < -0.3 is 0 Å². The summed E-state index contributed by atoms with van der Waals surface area (Å²) < 4.78 is 15.6. The molecule has 2 heterocycles. The molecule has 0 spiro atoms. The summed E-state index contributed by atoms with van der Waals surface area (Å²) in [5.74, 6) is 0.667. The molecule has 2 aliphatic rings. The molecule has 1 saturated carbocycles. The van der Waals surface area contributed by atoms with E-state index in [0.29, 0.717) is 6.04 Å². The smallest absolute Gasteiger partial charge is 0.173 e. The fourth-order valence-electron chi connectivity index (χ4n) is 4.52. The fraction of sp³-hybridized carbons (Fsp3) is 0.571. The Kier molecular flexibility index (Phi) is 7.75. The summed E-state index contributed by atoms with van der Waals surface area (Å²) in [5.41, 5.74) is 1.05. The largest absolute Gasteiger partial charge is 0.297 e. The summed E-state index contributed by atoms with van der Waals surface area (Å²) in [4.78, 5) is 4.83. The molecular weight excluding hydrogens is 391 g/mol. The summed E-state index contributed by atoms with van der Waals surface area (Å²) >= 11 is 0. The summed E-state index contributed by atoms with van der Waals surface area (Å²) in [6.45, 7) is 8.57. The van der Waals surface area contributed by atoms with Crippen molar-refractivity contribution in [1.82, 2.24) is 30.0 Å². The Morgan fingerprint density at radius 1 is 1.07 bits per heavy atom. The van der Waals surface area contributed by atoms with Crippen LogP contribution in [0.2, 0.25) is 0 Å². The standard InChI is InChI=1S/C21H29FN6.ClH/c1-2-12-26-13-15-27(16-14-26)20(17-8-10-18(22)11-9-17)21-23-24-25-28(21)19-6-4-3-5-7-19;/h2,8-11,19-20H,1,3-7,12-16H2;1H. The molecule has 1 aromatic carbocycles. The van der Waals surface area contributed by atoms with Gasteiger partial charge in [0.25, 0.3) is 0 Å². The Morgan fingerprint density at radius 2 is 1.76 bits per heavy atom. The molecular formula is C21H30ClFN6. The van der Waals surface area contributed by atoms with E-state index in [-0.39, 0.29) is 24.3 Å². The summed E-state index contributed by atoms with van der Waals surface area (Å²) in [7, 11) is 0. The maximum atomic E-state index is 13.6. The number of aromatic nitrogens is 4. The molecule has 0 bridgehead atoms. The van der Waals surface area contributed by atoms with Gasteiger partial charge in [-0.15, -0.1) is 24.1 Å². The van der Waals surface area contributed by atoms with E-state index in [1.807, 2.05) is 22.9 Å². The molecule has 0 N–H and O–H groups in total. The van der Waals surface area contributed by atoms with Crippen molar-refractivity contribution >= 4 is 12.4 Å². The average Bonchev–Trinajstić information content (AvgIpc) is 3.21. The van der Waals surface area contributed by atoms with Gasteiger partial charge in [0.2, 0.25) is 0 Å². The molecule has 1 unspecified atom stereocenters. The summed E-state index contributed by atoms with van der Waals surface area (Å²) in [6, 6.07) is 7.12. The van der Waals surface area contributed by atoms with Crippen molar-refractivity contribution in [1.29, 1.82) is 0 Å². The van der Waals surface area contributed by atoms with Crippen LogP contribution in [0.4, 0.5) is 4.39 Å². The van der Waals surface area contributed by atoms with Gasteiger partial charge in [-0.25, -0.2) is 9.07 Å². The lowest BCUT2D eigenvalue weighted by atomic mass is 9.95. The molecule has 29 heavy (non-hydrogen) atoms. The number of piperazine rings is 1. The molecule has 0 amide bonds. The number of rotatable bonds is 6. The van der Waals surface area contributed by atoms with Crippen molar-refractivity contribution in [3.63, 3.8) is 0 Å². The van der Waals surface area contributed by atoms with Gasteiger partial charge in [-0.3, -0.25) is 9.80 Å². The maximum Gasteiger partial charge on any atom is 0.173 e. The van der Waals surface area contributed by atoms with E-state index in [1.54, 1.807) is 0 Å². The molecule has 2 aromatic rings. The third-order valence-electron chi connectivity index (χ3n) is 6.03. The van der Waals surface area contributed by atoms with E-state index in [2.05, 4.69) is 31.9 Å². The predicted octanol–water partition coefficient (Wildman–Crippen LogP) is 3.63. The Balaban J connectivity index is 0.00000240. The topological polar surface area (TPSA) is 50.1 Å². The molecule has 2 fully saturated rings. The van der Waals surface area contributed by atoms with Gasteiger partial charge in [0.1, 0.15) is 5.82 Å². The van der Waals surface area contributed by atoms with Crippen LogP contribution in [0, 0.1) is 5.82 Å². The van der Waals surface area contributed by atoms with Crippen LogP contribution < -0.4 is 0 Å². The number of benzene rings is 1. The summed E-state index contributed by atoms with van der Waals surface area (Å²) in [5, 5.41) is 12.9. The zero-order valence-corrected chi connectivity index (χ0v) is 17.6. The van der Waals surface area contributed by atoms with Gasteiger partial charge in [-0.1, -0.05) is 37.5 Å². The zero-order valence-electron chi connectivity index (χ0n) is 16.8. The first-order valence-electron chi connectivity index (χ1n) is 10.4. The second-order valence-corrected chi connectivity index (χ2v) is 7.85. The lowest BCUT2D eigenvalue weighted by molar-refractivity contribution is 0.111. The molecule has 0 radical (unpaired) electrons. The first kappa shape index (κ1) is 21.9. The molecule has 6 nitrogen and oxygen atoms in total. The van der Waals surface area contributed by atoms with E-state index in [4.69, 9.17) is 0 Å². The van der Waals surface area contributed by atoms with Crippen molar-refractivity contribution in [2.45, 2.75) is 44.2 Å². The lowest BCUT2D eigenvalue weighted by Gasteiger charge is -2.39. The Hall–Kier alpha value is -1.83. The van der Waals surface area contributed by atoms with Crippen LogP contribution in [0.5, 0.6) is 0 Å². The Bertz CT molecular complexity index is 766. The zero-order chi connectivity index (χ0) is 19.3. The molecule has 1 aromatic heterocycles. The van der Waals surface area contributed by atoms with E-state index in [0.717, 1.165) is 57.0 Å². The SMILES string of the molecule is C=CCN1CCN(C(c2ccc(F)cc2)c2nnnn2C2CCCCC2)CC1.Cl. The third kappa shape index (κ3) is 5.02. The van der Waals surface area contributed by atoms with Gasteiger partial charge in [0.05, 0.1) is 12.1 Å². The number of tetrazole rings is 1. The number of nitrogens with zero attached hydrogens (tertiary/aromatic N) is 6. The highest BCUT2D eigenvalue weighted by atomic mass is 35.5. The number of halogens is 2. The van der Waals surface area contributed by atoms with Gasteiger partial charge >= 0.3 is 0 Å². The van der Waals surface area contributed by atoms with Crippen LogP contribution >= 0.6 is 12.4 Å². The van der Waals surface area contributed by atoms with Crippen molar-refractivity contribution in [2.24, 2.45) is 0 Å². The highest BCUT2D eigenvalue weighted by Crippen LogP contribution is 2.33. The number of hydrogen-bond acceptors (Lipinski definition) is 5. The van der Waals surface area contributed by atoms with Crippen LogP contribution in [0.15, 0.2) is 36.9 Å². The van der Waals surface area contributed by atoms with Gasteiger partial charge in [0, 0.05) is 32.7 Å². The van der Waals surface area contributed by atoms with E-state index in [9.17, 15) is 4.39 Å². The van der Waals surface area contributed by atoms with Gasteiger partial charge in [0.15, 0.2) is 5.82 Å². The predicted molar refractivity (Wildman–Crippen MR) is 114 cm³/mol. The average molecular weight is 421 g/mol. The minimum absolute atomic E-state index is 0. The van der Waals surface area contributed by atoms with E-state index < -0.39 is 0 Å². The molecule has 4 rings (SSSR count). The van der Waals surface area contributed by atoms with Gasteiger partial charge in [-0.2, -0.15) is 0 Å². The number of hydrogen-bond donors (Lipinski definition) is 0. The minimum Gasteiger partial charge on any atom is -0.297 e. The van der Waals surface area contributed by atoms with Crippen LogP contribution in [-0.4, -0.2) is 62.7 Å². The summed E-state index contributed by atoms with van der Waals surface area (Å²) in [6.07, 6.45) is 7.96. The van der Waals surface area contributed by atoms with E-state index >= 15 is 0 Å². The van der Waals surface area contributed by atoms with Crippen molar-refractivity contribution in [2.75, 3.05) is 32.7 Å². The second kappa shape index (κ2) is 10.3. The van der Waals surface area contributed by atoms with Crippen LogP contribution in [0.25, 0.3) is 0 Å². The fourth-order valence-corrected chi connectivity index (χ4v) is 4.52. The van der Waals surface area contributed by atoms with Gasteiger partial charge in [-0.05, 0) is 41.0 Å². The lowest BCUT2D eigenvalue weighted by Crippen LogP contribution is -2.48.